The van der Waals surface area contributed by atoms with Gasteiger partial charge in [-0.3, -0.25) is 0 Å². The number of para-hydroxylation sites is 4. The molecule has 240 valence electrons. The van der Waals surface area contributed by atoms with E-state index in [1.54, 1.807) is 0 Å². The third kappa shape index (κ3) is 5.11. The number of aromatic nitrogens is 2. The fraction of sp³-hybridized carbons (Fsp3) is 0. The molecule has 10 aromatic rings. The van der Waals surface area contributed by atoms with Gasteiger partial charge in [-0.15, -0.1) is 0 Å². The summed E-state index contributed by atoms with van der Waals surface area (Å²) in [5.41, 5.74) is 10.5. The van der Waals surface area contributed by atoms with Crippen molar-refractivity contribution in [1.29, 1.82) is 0 Å². The molecule has 8 aromatic carbocycles. The van der Waals surface area contributed by atoms with Crippen molar-refractivity contribution < 1.29 is 8.83 Å². The maximum atomic E-state index is 6.07. The lowest BCUT2D eigenvalue weighted by atomic mass is 9.93. The molecule has 0 spiro atoms. The average molecular weight is 656 g/mol. The highest BCUT2D eigenvalue weighted by Gasteiger charge is 2.17. The lowest BCUT2D eigenvalue weighted by Crippen LogP contribution is -2.09. The fourth-order valence-corrected chi connectivity index (χ4v) is 7.03. The van der Waals surface area contributed by atoms with E-state index in [9.17, 15) is 0 Å². The highest BCUT2D eigenvalue weighted by atomic mass is 16.4. The second-order valence-electron chi connectivity index (χ2n) is 12.6. The summed E-state index contributed by atoms with van der Waals surface area (Å²) in [6, 6.07) is 60.8. The molecule has 0 N–H and O–H groups in total. The summed E-state index contributed by atoms with van der Waals surface area (Å²) >= 11 is 0. The molecule has 0 saturated heterocycles. The lowest BCUT2D eigenvalue weighted by Gasteiger charge is -2.26. The van der Waals surface area contributed by atoms with E-state index in [4.69, 9.17) is 18.8 Å². The topological polar surface area (TPSA) is 55.3 Å². The van der Waals surface area contributed by atoms with E-state index in [1.807, 2.05) is 48.5 Å². The second kappa shape index (κ2) is 11.9. The highest BCUT2D eigenvalue weighted by Crippen LogP contribution is 2.40. The van der Waals surface area contributed by atoms with Gasteiger partial charge >= 0.3 is 0 Å². The van der Waals surface area contributed by atoms with E-state index in [-0.39, 0.29) is 0 Å². The van der Waals surface area contributed by atoms with E-state index < -0.39 is 0 Å². The van der Waals surface area contributed by atoms with Gasteiger partial charge in [0, 0.05) is 28.2 Å². The average Bonchev–Trinajstić information content (AvgIpc) is 3.84. The minimum atomic E-state index is 0.601. The Morgan fingerprint density at radius 2 is 0.804 bits per heavy atom. The largest absolute Gasteiger partial charge is 0.436 e. The van der Waals surface area contributed by atoms with Gasteiger partial charge in [0.25, 0.3) is 0 Å². The molecule has 0 amide bonds. The first-order valence-corrected chi connectivity index (χ1v) is 17.0. The Bertz CT molecular complexity index is 2670. The number of rotatable bonds is 6. The van der Waals surface area contributed by atoms with Crippen molar-refractivity contribution in [2.45, 2.75) is 0 Å². The van der Waals surface area contributed by atoms with Crippen LogP contribution in [0.25, 0.3) is 77.8 Å². The van der Waals surface area contributed by atoms with Crippen molar-refractivity contribution in [2.24, 2.45) is 0 Å². The predicted octanol–water partition coefficient (Wildman–Crippen LogP) is 12.7. The zero-order valence-electron chi connectivity index (χ0n) is 27.4. The number of oxazole rings is 2. The Morgan fingerprint density at radius 3 is 1.33 bits per heavy atom. The van der Waals surface area contributed by atoms with Gasteiger partial charge in [0.15, 0.2) is 11.2 Å². The van der Waals surface area contributed by atoms with Crippen LogP contribution in [-0.2, 0) is 0 Å². The minimum absolute atomic E-state index is 0.601. The summed E-state index contributed by atoms with van der Waals surface area (Å²) in [7, 11) is 0. The summed E-state index contributed by atoms with van der Waals surface area (Å²) in [5, 5.41) is 5.00. The van der Waals surface area contributed by atoms with E-state index in [2.05, 4.69) is 132 Å². The van der Waals surface area contributed by atoms with Crippen molar-refractivity contribution >= 4 is 60.8 Å². The minimum Gasteiger partial charge on any atom is -0.436 e. The third-order valence-corrected chi connectivity index (χ3v) is 9.54. The number of anilines is 3. The Hall–Kier alpha value is -6.98. The van der Waals surface area contributed by atoms with Crippen LogP contribution in [0.2, 0.25) is 0 Å². The monoisotopic (exact) mass is 655 g/mol. The first-order valence-electron chi connectivity index (χ1n) is 17.0. The summed E-state index contributed by atoms with van der Waals surface area (Å²) < 4.78 is 12.1. The van der Waals surface area contributed by atoms with Crippen LogP contribution in [0.4, 0.5) is 17.1 Å². The van der Waals surface area contributed by atoms with Crippen molar-refractivity contribution in [1.82, 2.24) is 9.97 Å². The summed E-state index contributed by atoms with van der Waals surface area (Å²) in [4.78, 5) is 11.7. The molecule has 0 aliphatic rings. The van der Waals surface area contributed by atoms with Crippen LogP contribution >= 0.6 is 0 Å². The molecule has 0 bridgehead atoms. The number of hydrogen-bond donors (Lipinski definition) is 0. The molecular weight excluding hydrogens is 627 g/mol. The standard InChI is InChI=1S/C46H29N3O2/c1-2-10-37-33(9-1)29-40(39-12-4-3-11-38(37)39)30-17-23-34(24-18-30)49(35-25-19-31(20-26-35)45-47-41-13-5-7-15-43(41)50-45)36-27-21-32(22-28-36)46-48-42-14-6-8-16-44(42)51-46/h1-29H. The predicted molar refractivity (Wildman–Crippen MR) is 208 cm³/mol. The smallest absolute Gasteiger partial charge is 0.227 e. The van der Waals surface area contributed by atoms with Gasteiger partial charge in [-0.2, -0.15) is 0 Å². The Kier molecular flexibility index (Phi) is 6.74. The summed E-state index contributed by atoms with van der Waals surface area (Å²) in [6.07, 6.45) is 0. The first kappa shape index (κ1) is 29.0. The molecule has 0 unspecified atom stereocenters. The van der Waals surface area contributed by atoms with Crippen molar-refractivity contribution in [3.8, 4) is 34.0 Å². The zero-order valence-corrected chi connectivity index (χ0v) is 27.4. The fourth-order valence-electron chi connectivity index (χ4n) is 7.03. The second-order valence-corrected chi connectivity index (χ2v) is 12.6. The first-order chi connectivity index (χ1) is 25.2. The van der Waals surface area contributed by atoms with Crippen LogP contribution in [0.15, 0.2) is 185 Å². The van der Waals surface area contributed by atoms with Crippen molar-refractivity contribution in [3.63, 3.8) is 0 Å². The molecule has 0 fully saturated rings. The van der Waals surface area contributed by atoms with E-state index >= 15 is 0 Å². The zero-order chi connectivity index (χ0) is 33.7. The number of benzene rings is 8. The molecule has 0 saturated carbocycles. The van der Waals surface area contributed by atoms with Gasteiger partial charge in [0.2, 0.25) is 11.8 Å². The molecule has 0 aliphatic carbocycles. The van der Waals surface area contributed by atoms with Gasteiger partial charge < -0.3 is 13.7 Å². The molecule has 5 heteroatoms. The van der Waals surface area contributed by atoms with Crippen LogP contribution in [0, 0.1) is 0 Å². The number of nitrogens with zero attached hydrogens (tertiary/aromatic N) is 3. The van der Waals surface area contributed by atoms with Crippen LogP contribution in [-0.4, -0.2) is 9.97 Å². The van der Waals surface area contributed by atoms with Gasteiger partial charge in [-0.25, -0.2) is 9.97 Å². The van der Waals surface area contributed by atoms with E-state index in [0.717, 1.165) is 50.4 Å². The molecule has 0 aliphatic heterocycles. The highest BCUT2D eigenvalue weighted by molar-refractivity contribution is 6.13. The molecular formula is C46H29N3O2. The molecule has 2 aromatic heterocycles. The van der Waals surface area contributed by atoms with Gasteiger partial charge in [0.05, 0.1) is 0 Å². The summed E-state index contributed by atoms with van der Waals surface area (Å²) in [6.45, 7) is 0. The van der Waals surface area contributed by atoms with Crippen LogP contribution in [0.1, 0.15) is 0 Å². The van der Waals surface area contributed by atoms with Gasteiger partial charge in [-0.1, -0.05) is 84.9 Å². The number of fused-ring (bicyclic) bond motifs is 5. The maximum Gasteiger partial charge on any atom is 0.227 e. The lowest BCUT2D eigenvalue weighted by molar-refractivity contribution is 0.619. The third-order valence-electron chi connectivity index (χ3n) is 9.54. The molecule has 2 heterocycles. The van der Waals surface area contributed by atoms with E-state index in [0.29, 0.717) is 11.8 Å². The molecule has 10 rings (SSSR count). The molecule has 0 radical (unpaired) electrons. The molecule has 51 heavy (non-hydrogen) atoms. The van der Waals surface area contributed by atoms with Crippen molar-refractivity contribution in [3.05, 3.63) is 176 Å². The summed E-state index contributed by atoms with van der Waals surface area (Å²) in [5.74, 6) is 1.20. The van der Waals surface area contributed by atoms with Crippen LogP contribution in [0.3, 0.4) is 0 Å². The van der Waals surface area contributed by atoms with Gasteiger partial charge in [0.1, 0.15) is 11.0 Å². The normalized spacial score (nSPS) is 11.5. The number of hydrogen-bond acceptors (Lipinski definition) is 5. The molecule has 0 atom stereocenters. The van der Waals surface area contributed by atoms with E-state index in [1.165, 1.54) is 32.7 Å². The quantitative estimate of drug-likeness (QED) is 0.167. The maximum absolute atomic E-state index is 6.07. The molecule has 5 nitrogen and oxygen atoms in total. The Balaban J connectivity index is 1.05. The Morgan fingerprint density at radius 1 is 0.373 bits per heavy atom. The SMILES string of the molecule is c1ccc2c(c1)cc(-c1ccc(N(c3ccc(-c4nc5ccccc5o4)cc3)c3ccc(-c4nc5ccccc5o4)cc3)cc1)c1ccccc12. The van der Waals surface area contributed by atoms with Crippen LogP contribution in [0.5, 0.6) is 0 Å². The van der Waals surface area contributed by atoms with Crippen molar-refractivity contribution in [2.75, 3.05) is 4.90 Å². The van der Waals surface area contributed by atoms with Gasteiger partial charge in [-0.05, 0) is 124 Å². The Labute approximate surface area is 293 Å². The van der Waals surface area contributed by atoms with Crippen LogP contribution < -0.4 is 4.90 Å².